The number of nitrogens with zero attached hydrogens (tertiary/aromatic N) is 2. The number of rotatable bonds is 6. The second-order valence-electron chi connectivity index (χ2n) is 8.42. The smallest absolute Gasteiger partial charge is 0.246 e. The van der Waals surface area contributed by atoms with E-state index in [-0.39, 0.29) is 48.1 Å². The Kier molecular flexibility index (Phi) is 5.39. The summed E-state index contributed by atoms with van der Waals surface area (Å²) in [6.45, 7) is 9.96. The second-order valence-corrected chi connectivity index (χ2v) is 8.42. The first-order chi connectivity index (χ1) is 12.3. The van der Waals surface area contributed by atoms with Gasteiger partial charge in [-0.25, -0.2) is 0 Å². The van der Waals surface area contributed by atoms with Gasteiger partial charge in [-0.2, -0.15) is 0 Å². The topological polar surface area (TPSA) is 69.7 Å². The highest BCUT2D eigenvalue weighted by Crippen LogP contribution is 2.32. The van der Waals surface area contributed by atoms with Gasteiger partial charge in [0.15, 0.2) is 5.78 Å². The Morgan fingerprint density at radius 2 is 1.96 bits per heavy atom. The highest BCUT2D eigenvalue weighted by atomic mass is 16.2. The first-order valence-electron chi connectivity index (χ1n) is 9.92. The van der Waals surface area contributed by atoms with Gasteiger partial charge in [-0.15, -0.1) is 0 Å². The zero-order valence-corrected chi connectivity index (χ0v) is 16.3. The van der Waals surface area contributed by atoms with Crippen molar-refractivity contribution in [2.75, 3.05) is 13.1 Å². The highest BCUT2D eigenvalue weighted by Gasteiger charge is 2.46. The first kappa shape index (κ1) is 18.9. The molecule has 2 saturated heterocycles. The summed E-state index contributed by atoms with van der Waals surface area (Å²) in [5, 5.41) is 3.04. The Morgan fingerprint density at radius 1 is 1.23 bits per heavy atom. The number of Topliss-reactive ketones (excluding diaryl/α,β-unsaturated/α-hetero) is 1. The van der Waals surface area contributed by atoms with Gasteiger partial charge in [0.1, 0.15) is 0 Å². The first-order valence-corrected chi connectivity index (χ1v) is 9.92. The molecule has 26 heavy (non-hydrogen) atoms. The second kappa shape index (κ2) is 7.41. The van der Waals surface area contributed by atoms with E-state index in [4.69, 9.17) is 0 Å². The maximum Gasteiger partial charge on any atom is 0.246 e. The Labute approximate surface area is 156 Å². The lowest BCUT2D eigenvalue weighted by Gasteiger charge is -2.33. The molecule has 4 atom stereocenters. The molecule has 6 nitrogen and oxygen atoms in total. The number of hydrogen-bond acceptors (Lipinski definition) is 4. The summed E-state index contributed by atoms with van der Waals surface area (Å²) in [7, 11) is 0. The molecule has 3 rings (SSSR count). The van der Waals surface area contributed by atoms with Crippen LogP contribution in [0.2, 0.25) is 0 Å². The molecule has 0 aromatic carbocycles. The Morgan fingerprint density at radius 3 is 2.62 bits per heavy atom. The number of carbonyl (C=O) groups excluding carboxylic acids is 3. The largest absolute Gasteiger partial charge is 0.371 e. The number of carbonyl (C=O) groups is 3. The van der Waals surface area contributed by atoms with Crippen molar-refractivity contribution in [1.82, 2.24) is 15.1 Å². The van der Waals surface area contributed by atoms with Crippen molar-refractivity contribution in [3.63, 3.8) is 0 Å². The molecule has 2 fully saturated rings. The van der Waals surface area contributed by atoms with Crippen LogP contribution in [0.3, 0.4) is 0 Å². The van der Waals surface area contributed by atoms with Crippen LogP contribution in [0.15, 0.2) is 11.8 Å². The summed E-state index contributed by atoms with van der Waals surface area (Å²) in [6, 6.07) is -0.159. The molecule has 1 unspecified atom stereocenters. The van der Waals surface area contributed by atoms with Crippen LogP contribution in [0.4, 0.5) is 0 Å². The summed E-state index contributed by atoms with van der Waals surface area (Å²) in [4.78, 5) is 40.8. The molecule has 0 radical (unpaired) electrons. The van der Waals surface area contributed by atoms with E-state index in [1.165, 1.54) is 0 Å². The van der Waals surface area contributed by atoms with Gasteiger partial charge in [0.2, 0.25) is 11.8 Å². The maximum atomic E-state index is 12.5. The maximum absolute atomic E-state index is 12.5. The zero-order chi connectivity index (χ0) is 19.0. The Balaban J connectivity index is 1.73. The molecular weight excluding hydrogens is 330 g/mol. The minimum absolute atomic E-state index is 0.0273. The van der Waals surface area contributed by atoms with E-state index in [0.717, 1.165) is 31.5 Å². The highest BCUT2D eigenvalue weighted by molar-refractivity contribution is 6.07. The SMILES string of the molecule is CC[C@H](C)C1C(=O)CC(=O)N1[C@H]1CCN(C2=CC(=O)N[C@H]2CC(C)C)C1. The van der Waals surface area contributed by atoms with Crippen LogP contribution in [-0.4, -0.2) is 58.6 Å². The normalized spacial score (nSPS) is 30.4. The lowest BCUT2D eigenvalue weighted by molar-refractivity contribution is -0.132. The number of ketones is 1. The van der Waals surface area contributed by atoms with Crippen molar-refractivity contribution >= 4 is 17.6 Å². The van der Waals surface area contributed by atoms with Gasteiger partial charge in [-0.05, 0) is 24.7 Å². The molecule has 1 N–H and O–H groups in total. The fourth-order valence-corrected chi connectivity index (χ4v) is 4.59. The molecule has 3 aliphatic rings. The molecule has 0 spiro atoms. The van der Waals surface area contributed by atoms with Crippen molar-refractivity contribution in [2.45, 2.75) is 71.5 Å². The molecular formula is C20H31N3O3. The van der Waals surface area contributed by atoms with Crippen LogP contribution in [-0.2, 0) is 14.4 Å². The summed E-state index contributed by atoms with van der Waals surface area (Å²) >= 11 is 0. The van der Waals surface area contributed by atoms with Crippen molar-refractivity contribution in [2.24, 2.45) is 11.8 Å². The standard InChI is InChI=1S/C20H31N3O3/c1-5-13(4)20-17(24)10-19(26)23(20)14-6-7-22(11-14)16-9-18(25)21-15(16)8-12(2)3/h9,12-15,20H,5-8,10-11H2,1-4H3,(H,21,25)/t13-,14-,15-,20?/m0/s1. The monoisotopic (exact) mass is 361 g/mol. The van der Waals surface area contributed by atoms with Gasteiger partial charge >= 0.3 is 0 Å². The predicted octanol–water partition coefficient (Wildman–Crippen LogP) is 1.71. The molecule has 3 heterocycles. The van der Waals surface area contributed by atoms with E-state index in [2.05, 4.69) is 37.9 Å². The number of nitrogens with one attached hydrogen (secondary N) is 1. The van der Waals surface area contributed by atoms with Crippen LogP contribution >= 0.6 is 0 Å². The van der Waals surface area contributed by atoms with E-state index in [0.29, 0.717) is 12.5 Å². The predicted molar refractivity (Wildman–Crippen MR) is 99.2 cm³/mol. The summed E-state index contributed by atoms with van der Waals surface area (Å²) in [5.41, 5.74) is 1.05. The third-order valence-corrected chi connectivity index (χ3v) is 6.01. The average Bonchev–Trinajstić information content (AvgIpc) is 3.23. The van der Waals surface area contributed by atoms with Gasteiger partial charge < -0.3 is 15.1 Å². The van der Waals surface area contributed by atoms with Gasteiger partial charge in [0, 0.05) is 24.9 Å². The lowest BCUT2D eigenvalue weighted by atomic mass is 9.95. The van der Waals surface area contributed by atoms with Crippen LogP contribution in [0, 0.1) is 11.8 Å². The van der Waals surface area contributed by atoms with Crippen LogP contribution in [0.25, 0.3) is 0 Å². The van der Waals surface area contributed by atoms with Crippen molar-refractivity contribution in [3.8, 4) is 0 Å². The van der Waals surface area contributed by atoms with E-state index in [9.17, 15) is 14.4 Å². The Hall–Kier alpha value is -1.85. The molecule has 3 aliphatic heterocycles. The molecule has 0 aliphatic carbocycles. The van der Waals surface area contributed by atoms with Crippen molar-refractivity contribution < 1.29 is 14.4 Å². The quantitative estimate of drug-likeness (QED) is 0.731. The summed E-state index contributed by atoms with van der Waals surface area (Å²) in [5.74, 6) is 0.690. The van der Waals surface area contributed by atoms with E-state index in [1.54, 1.807) is 6.08 Å². The number of likely N-dealkylation sites (tertiary alicyclic amines) is 2. The minimum atomic E-state index is -0.277. The van der Waals surface area contributed by atoms with E-state index in [1.807, 2.05) is 4.90 Å². The van der Waals surface area contributed by atoms with Crippen LogP contribution in [0.1, 0.15) is 53.4 Å². The van der Waals surface area contributed by atoms with Gasteiger partial charge in [0.05, 0.1) is 24.5 Å². The summed E-state index contributed by atoms with van der Waals surface area (Å²) in [6.07, 6.45) is 4.40. The van der Waals surface area contributed by atoms with Crippen LogP contribution < -0.4 is 5.32 Å². The lowest BCUT2D eigenvalue weighted by Crippen LogP contribution is -2.47. The third-order valence-electron chi connectivity index (χ3n) is 6.01. The van der Waals surface area contributed by atoms with Gasteiger partial charge in [-0.1, -0.05) is 34.1 Å². The Bertz CT molecular complexity index is 628. The van der Waals surface area contributed by atoms with Crippen molar-refractivity contribution in [1.29, 1.82) is 0 Å². The molecule has 0 aromatic rings. The molecule has 0 saturated carbocycles. The summed E-state index contributed by atoms with van der Waals surface area (Å²) < 4.78 is 0. The molecule has 2 amide bonds. The zero-order valence-electron chi connectivity index (χ0n) is 16.3. The molecule has 6 heteroatoms. The number of hydrogen-bond donors (Lipinski definition) is 1. The van der Waals surface area contributed by atoms with Gasteiger partial charge in [0.25, 0.3) is 0 Å². The van der Waals surface area contributed by atoms with E-state index < -0.39 is 0 Å². The molecule has 0 bridgehead atoms. The fraction of sp³-hybridized carbons (Fsp3) is 0.750. The van der Waals surface area contributed by atoms with Crippen LogP contribution in [0.5, 0.6) is 0 Å². The fourth-order valence-electron chi connectivity index (χ4n) is 4.59. The van der Waals surface area contributed by atoms with Gasteiger partial charge in [-0.3, -0.25) is 14.4 Å². The number of amides is 2. The molecule has 144 valence electrons. The van der Waals surface area contributed by atoms with E-state index >= 15 is 0 Å². The third kappa shape index (κ3) is 3.51. The average molecular weight is 361 g/mol. The minimum Gasteiger partial charge on any atom is -0.371 e. The van der Waals surface area contributed by atoms with Crippen molar-refractivity contribution in [3.05, 3.63) is 11.8 Å². The molecule has 0 aromatic heterocycles.